The number of hydrogen-bond acceptors (Lipinski definition) is 2. The standard InChI is InChI=1S/C13H18ClNO/c1-9(6-7-15)10-2-5-13(12(14)8-10)16-11-3-4-11/h2,5,8-9,11H,3-4,6-7,15H2,1H3. The summed E-state index contributed by atoms with van der Waals surface area (Å²) in [4.78, 5) is 0. The van der Waals surface area contributed by atoms with Crippen LogP contribution in [0.1, 0.15) is 37.7 Å². The summed E-state index contributed by atoms with van der Waals surface area (Å²) in [5.74, 6) is 1.27. The minimum Gasteiger partial charge on any atom is -0.489 e. The molecule has 1 aromatic carbocycles. The molecular formula is C13H18ClNO. The van der Waals surface area contributed by atoms with E-state index in [1.165, 1.54) is 5.56 Å². The molecule has 2 nitrogen and oxygen atoms in total. The first kappa shape index (κ1) is 11.7. The van der Waals surface area contributed by atoms with Crippen LogP contribution < -0.4 is 10.5 Å². The van der Waals surface area contributed by atoms with Gasteiger partial charge in [0.05, 0.1) is 11.1 Å². The second-order valence-corrected chi connectivity index (χ2v) is 4.89. The van der Waals surface area contributed by atoms with Crippen LogP contribution in [0.15, 0.2) is 18.2 Å². The third kappa shape index (κ3) is 2.89. The maximum Gasteiger partial charge on any atom is 0.138 e. The summed E-state index contributed by atoms with van der Waals surface area (Å²) in [6.45, 7) is 2.87. The summed E-state index contributed by atoms with van der Waals surface area (Å²) in [7, 11) is 0. The van der Waals surface area contributed by atoms with Gasteiger partial charge in [-0.15, -0.1) is 0 Å². The smallest absolute Gasteiger partial charge is 0.138 e. The molecule has 0 saturated heterocycles. The SMILES string of the molecule is CC(CCN)c1ccc(OC2CC2)c(Cl)c1. The first-order valence-electron chi connectivity index (χ1n) is 5.87. The molecule has 0 radical (unpaired) electrons. The van der Waals surface area contributed by atoms with Crippen molar-refractivity contribution < 1.29 is 4.74 Å². The Bertz CT molecular complexity index is 363. The van der Waals surface area contributed by atoms with E-state index in [1.54, 1.807) is 0 Å². The monoisotopic (exact) mass is 239 g/mol. The van der Waals surface area contributed by atoms with E-state index in [2.05, 4.69) is 13.0 Å². The zero-order valence-electron chi connectivity index (χ0n) is 9.58. The molecule has 3 heteroatoms. The van der Waals surface area contributed by atoms with Crippen molar-refractivity contribution >= 4 is 11.6 Å². The van der Waals surface area contributed by atoms with Crippen LogP contribution >= 0.6 is 11.6 Å². The molecule has 1 atom stereocenters. The molecular weight excluding hydrogens is 222 g/mol. The minimum absolute atomic E-state index is 0.393. The summed E-state index contributed by atoms with van der Waals surface area (Å²) in [5, 5.41) is 0.716. The van der Waals surface area contributed by atoms with E-state index in [9.17, 15) is 0 Å². The molecule has 16 heavy (non-hydrogen) atoms. The van der Waals surface area contributed by atoms with Crippen molar-refractivity contribution in [3.8, 4) is 5.75 Å². The molecule has 1 aliphatic carbocycles. The van der Waals surface area contributed by atoms with Crippen LogP contribution in [0.5, 0.6) is 5.75 Å². The first-order chi connectivity index (χ1) is 7.70. The van der Waals surface area contributed by atoms with Gasteiger partial charge in [-0.25, -0.2) is 0 Å². The molecule has 0 aliphatic heterocycles. The van der Waals surface area contributed by atoms with Crippen molar-refractivity contribution in [1.29, 1.82) is 0 Å². The molecule has 0 amide bonds. The second-order valence-electron chi connectivity index (χ2n) is 4.49. The molecule has 0 aromatic heterocycles. The van der Waals surface area contributed by atoms with E-state index >= 15 is 0 Å². The third-order valence-electron chi connectivity index (χ3n) is 2.94. The van der Waals surface area contributed by atoms with Crippen LogP contribution in [0.2, 0.25) is 5.02 Å². The van der Waals surface area contributed by atoms with Gasteiger partial charge in [0.2, 0.25) is 0 Å². The van der Waals surface area contributed by atoms with Gasteiger partial charge in [0, 0.05) is 0 Å². The highest BCUT2D eigenvalue weighted by Gasteiger charge is 2.24. The number of halogens is 1. The van der Waals surface area contributed by atoms with Gasteiger partial charge in [-0.2, -0.15) is 0 Å². The van der Waals surface area contributed by atoms with E-state index in [4.69, 9.17) is 22.1 Å². The molecule has 1 unspecified atom stereocenters. The lowest BCUT2D eigenvalue weighted by Crippen LogP contribution is -2.05. The van der Waals surface area contributed by atoms with Gasteiger partial charge in [0.15, 0.2) is 0 Å². The average Bonchev–Trinajstić information content (AvgIpc) is 3.05. The van der Waals surface area contributed by atoms with Gasteiger partial charge < -0.3 is 10.5 Å². The molecule has 2 N–H and O–H groups in total. The van der Waals surface area contributed by atoms with Crippen molar-refractivity contribution in [3.05, 3.63) is 28.8 Å². The Labute approximate surface area is 102 Å². The number of nitrogens with two attached hydrogens (primary N) is 1. The van der Waals surface area contributed by atoms with E-state index < -0.39 is 0 Å². The molecule has 0 bridgehead atoms. The number of rotatable bonds is 5. The molecule has 2 rings (SSSR count). The van der Waals surface area contributed by atoms with Crippen LogP contribution in [-0.2, 0) is 0 Å². The maximum atomic E-state index is 6.19. The van der Waals surface area contributed by atoms with Crippen LogP contribution in [-0.4, -0.2) is 12.6 Å². The molecule has 0 heterocycles. The normalized spacial score (nSPS) is 17.2. The van der Waals surface area contributed by atoms with Gasteiger partial charge in [0.25, 0.3) is 0 Å². The zero-order chi connectivity index (χ0) is 11.5. The largest absolute Gasteiger partial charge is 0.489 e. The summed E-state index contributed by atoms with van der Waals surface area (Å²) in [6, 6.07) is 6.06. The van der Waals surface area contributed by atoms with Crippen molar-refractivity contribution in [3.63, 3.8) is 0 Å². The maximum absolute atomic E-state index is 6.19. The predicted octanol–water partition coefficient (Wildman–Crippen LogP) is 3.33. The van der Waals surface area contributed by atoms with Crippen LogP contribution in [0.25, 0.3) is 0 Å². The third-order valence-corrected chi connectivity index (χ3v) is 3.24. The fourth-order valence-electron chi connectivity index (χ4n) is 1.70. The van der Waals surface area contributed by atoms with E-state index in [1.807, 2.05) is 12.1 Å². The summed E-state index contributed by atoms with van der Waals surface area (Å²) in [5.41, 5.74) is 6.79. The highest BCUT2D eigenvalue weighted by atomic mass is 35.5. The van der Waals surface area contributed by atoms with Crippen LogP contribution in [0.4, 0.5) is 0 Å². The molecule has 1 aliphatic rings. The fraction of sp³-hybridized carbons (Fsp3) is 0.538. The Morgan fingerprint density at radius 2 is 2.25 bits per heavy atom. The van der Waals surface area contributed by atoms with Gasteiger partial charge in [0.1, 0.15) is 5.75 Å². The number of benzene rings is 1. The van der Waals surface area contributed by atoms with Crippen LogP contribution in [0.3, 0.4) is 0 Å². The van der Waals surface area contributed by atoms with Crippen molar-refractivity contribution in [2.24, 2.45) is 5.73 Å². The Morgan fingerprint density at radius 3 is 2.81 bits per heavy atom. The Hall–Kier alpha value is -0.730. The topological polar surface area (TPSA) is 35.2 Å². The Kier molecular flexibility index (Phi) is 3.72. The summed E-state index contributed by atoms with van der Waals surface area (Å²) < 4.78 is 5.69. The zero-order valence-corrected chi connectivity index (χ0v) is 10.3. The number of ether oxygens (including phenoxy) is 1. The fourth-order valence-corrected chi connectivity index (χ4v) is 1.93. The Morgan fingerprint density at radius 1 is 1.50 bits per heavy atom. The van der Waals surface area contributed by atoms with E-state index in [0.717, 1.165) is 25.0 Å². The first-order valence-corrected chi connectivity index (χ1v) is 6.24. The van der Waals surface area contributed by atoms with E-state index in [0.29, 0.717) is 23.6 Å². The lowest BCUT2D eigenvalue weighted by atomic mass is 9.98. The highest BCUT2D eigenvalue weighted by molar-refractivity contribution is 6.32. The molecule has 1 saturated carbocycles. The molecule has 0 spiro atoms. The van der Waals surface area contributed by atoms with Gasteiger partial charge in [-0.05, 0) is 49.4 Å². The van der Waals surface area contributed by atoms with Gasteiger partial charge >= 0.3 is 0 Å². The Balaban J connectivity index is 2.08. The van der Waals surface area contributed by atoms with Gasteiger partial charge in [-0.3, -0.25) is 0 Å². The minimum atomic E-state index is 0.393. The molecule has 88 valence electrons. The number of hydrogen-bond donors (Lipinski definition) is 1. The molecule has 1 aromatic rings. The van der Waals surface area contributed by atoms with E-state index in [-0.39, 0.29) is 0 Å². The predicted molar refractivity (Wildman–Crippen MR) is 67.2 cm³/mol. The summed E-state index contributed by atoms with van der Waals surface area (Å²) in [6.07, 6.45) is 3.69. The summed E-state index contributed by atoms with van der Waals surface area (Å²) >= 11 is 6.19. The quantitative estimate of drug-likeness (QED) is 0.856. The lowest BCUT2D eigenvalue weighted by molar-refractivity contribution is 0.303. The van der Waals surface area contributed by atoms with Gasteiger partial charge in [-0.1, -0.05) is 24.6 Å². The average molecular weight is 240 g/mol. The molecule has 1 fully saturated rings. The second kappa shape index (κ2) is 5.07. The van der Waals surface area contributed by atoms with Crippen molar-refractivity contribution in [2.75, 3.05) is 6.54 Å². The van der Waals surface area contributed by atoms with Crippen molar-refractivity contribution in [2.45, 2.75) is 38.2 Å². The highest BCUT2D eigenvalue weighted by Crippen LogP contribution is 2.34. The van der Waals surface area contributed by atoms with Crippen LogP contribution in [0, 0.1) is 0 Å². The lowest BCUT2D eigenvalue weighted by Gasteiger charge is -2.13. The van der Waals surface area contributed by atoms with Crippen molar-refractivity contribution in [1.82, 2.24) is 0 Å².